The zero-order valence-electron chi connectivity index (χ0n) is 27.8. The molecule has 3 saturated heterocycles. The molecule has 2 N–H and O–H groups in total. The molecule has 9 atom stereocenters. The molecule has 2 bridgehead atoms. The average Bonchev–Trinajstić information content (AvgIpc) is 3.66. The van der Waals surface area contributed by atoms with Gasteiger partial charge in [0.25, 0.3) is 0 Å². The number of unbranched alkanes of at least 4 members (excludes halogenated alkanes) is 2. The van der Waals surface area contributed by atoms with E-state index >= 15 is 0 Å². The van der Waals surface area contributed by atoms with E-state index < -0.39 is 53.7 Å². The molecule has 258 valence electrons. The topological polar surface area (TPSA) is 125 Å². The Morgan fingerprint density at radius 2 is 1.94 bits per heavy atom. The second kappa shape index (κ2) is 16.4. The Labute approximate surface area is 287 Å². The lowest BCUT2D eigenvalue weighted by Crippen LogP contribution is -2.59. The molecular formula is C36H50BrN3O7. The van der Waals surface area contributed by atoms with Crippen LogP contribution in [0.3, 0.4) is 0 Å². The second-order valence-electron chi connectivity index (χ2n) is 12.9. The van der Waals surface area contributed by atoms with E-state index in [9.17, 15) is 24.3 Å². The van der Waals surface area contributed by atoms with Crippen molar-refractivity contribution in [1.82, 2.24) is 15.1 Å². The molecule has 47 heavy (non-hydrogen) atoms. The maximum atomic E-state index is 14.5. The minimum Gasteiger partial charge on any atom is -0.455 e. The lowest BCUT2D eigenvalue weighted by Gasteiger charge is -2.39. The highest BCUT2D eigenvalue weighted by atomic mass is 79.9. The number of amides is 3. The van der Waals surface area contributed by atoms with Crippen molar-refractivity contribution in [3.05, 3.63) is 61.2 Å². The van der Waals surface area contributed by atoms with Gasteiger partial charge in [-0.05, 0) is 38.2 Å². The third-order valence-corrected chi connectivity index (χ3v) is 10.6. The van der Waals surface area contributed by atoms with Gasteiger partial charge in [0.1, 0.15) is 17.7 Å². The SMILES string of the molecule is C=CCCC(=O)N[C@H](C)[C@@H](OC(=O)[C@@H]1[C@H]2O[C@@]3(CC2Br)[C@H](C(=O)N(CC=C)CCCCC)N([C@@H](CC)CO)C(=O)[C@@H]13)c1ccccc1. The van der Waals surface area contributed by atoms with Gasteiger partial charge in [-0.15, -0.1) is 13.2 Å². The predicted octanol–water partition coefficient (Wildman–Crippen LogP) is 4.47. The largest absolute Gasteiger partial charge is 0.455 e. The highest BCUT2D eigenvalue weighted by molar-refractivity contribution is 9.09. The van der Waals surface area contributed by atoms with E-state index in [-0.39, 0.29) is 35.6 Å². The summed E-state index contributed by atoms with van der Waals surface area (Å²) in [6, 6.07) is 6.94. The molecule has 3 aliphatic rings. The van der Waals surface area contributed by atoms with Crippen LogP contribution in [0.2, 0.25) is 0 Å². The predicted molar refractivity (Wildman–Crippen MR) is 182 cm³/mol. The van der Waals surface area contributed by atoms with Gasteiger partial charge < -0.3 is 29.7 Å². The fraction of sp³-hybridized carbons (Fsp3) is 0.611. The number of hydrogen-bond acceptors (Lipinski definition) is 7. The minimum atomic E-state index is -1.28. The molecule has 4 rings (SSSR count). The first-order valence-corrected chi connectivity index (χ1v) is 17.8. The van der Waals surface area contributed by atoms with Crippen LogP contribution in [0.5, 0.6) is 0 Å². The molecule has 1 aromatic carbocycles. The number of fused-ring (bicyclic) bond motifs is 1. The molecular weight excluding hydrogens is 666 g/mol. The molecule has 1 unspecified atom stereocenters. The summed E-state index contributed by atoms with van der Waals surface area (Å²) in [5, 5.41) is 13.3. The minimum absolute atomic E-state index is 0.197. The summed E-state index contributed by atoms with van der Waals surface area (Å²) >= 11 is 3.72. The summed E-state index contributed by atoms with van der Waals surface area (Å²) in [6.07, 6.45) is 6.06. The number of halogens is 1. The Kier molecular flexibility index (Phi) is 12.8. The van der Waals surface area contributed by atoms with Crippen molar-refractivity contribution in [3.8, 4) is 0 Å². The molecule has 3 aliphatic heterocycles. The Bertz CT molecular complexity index is 1290. The van der Waals surface area contributed by atoms with Crippen LogP contribution >= 0.6 is 15.9 Å². The quantitative estimate of drug-likeness (QED) is 0.0995. The van der Waals surface area contributed by atoms with Gasteiger partial charge in [0.2, 0.25) is 17.7 Å². The van der Waals surface area contributed by atoms with Gasteiger partial charge in [-0.25, -0.2) is 0 Å². The first-order valence-electron chi connectivity index (χ1n) is 16.9. The lowest BCUT2D eigenvalue weighted by atomic mass is 9.70. The zero-order chi connectivity index (χ0) is 34.3. The van der Waals surface area contributed by atoms with Crippen molar-refractivity contribution in [1.29, 1.82) is 0 Å². The van der Waals surface area contributed by atoms with Gasteiger partial charge in [0, 0.05) is 24.3 Å². The Balaban J connectivity index is 1.70. The average molecular weight is 717 g/mol. The molecule has 3 fully saturated rings. The van der Waals surface area contributed by atoms with Crippen LogP contribution in [0.25, 0.3) is 0 Å². The molecule has 0 aromatic heterocycles. The summed E-state index contributed by atoms with van der Waals surface area (Å²) in [5.74, 6) is -3.45. The molecule has 3 amide bonds. The highest BCUT2D eigenvalue weighted by Gasteiger charge is 2.77. The number of nitrogens with one attached hydrogen (secondary N) is 1. The van der Waals surface area contributed by atoms with E-state index in [1.165, 1.54) is 4.90 Å². The van der Waals surface area contributed by atoms with Crippen molar-refractivity contribution in [2.45, 2.75) is 106 Å². The number of aliphatic hydroxyl groups excluding tert-OH is 1. The Morgan fingerprint density at radius 3 is 2.55 bits per heavy atom. The fourth-order valence-corrected chi connectivity index (χ4v) is 8.48. The lowest BCUT2D eigenvalue weighted by molar-refractivity contribution is -0.162. The van der Waals surface area contributed by atoms with Gasteiger partial charge in [-0.2, -0.15) is 0 Å². The van der Waals surface area contributed by atoms with Gasteiger partial charge in [-0.1, -0.05) is 85.1 Å². The van der Waals surface area contributed by atoms with Crippen molar-refractivity contribution in [3.63, 3.8) is 0 Å². The Hall–Kier alpha value is -3.02. The van der Waals surface area contributed by atoms with Crippen molar-refractivity contribution < 1.29 is 33.8 Å². The summed E-state index contributed by atoms with van der Waals surface area (Å²) in [5.41, 5.74) is -0.589. The van der Waals surface area contributed by atoms with Crippen molar-refractivity contribution in [2.75, 3.05) is 19.7 Å². The number of likely N-dealkylation sites (tertiary alicyclic amines) is 1. The third-order valence-electron chi connectivity index (χ3n) is 9.79. The standard InChI is InChI=1S/C36H50BrN3O7/c1-6-10-15-20-39(19-8-3)34(44)32-36-21-26(37)31(47-36)28(29(36)33(43)40(32)25(9-4)22-41)35(45)46-30(24-16-13-12-14-17-24)23(5)38-27(42)18-11-7-2/h7-8,12-14,16-17,23,25-26,28-32,41H,2-3,6,9-11,15,18-22H2,1,4-5H3,(H,38,42)/t23-,25+,26?,28+,29-,30-,31+,32+,36-/m1/s1. The van der Waals surface area contributed by atoms with Gasteiger partial charge in [-0.3, -0.25) is 19.2 Å². The molecule has 0 radical (unpaired) electrons. The fourth-order valence-electron chi connectivity index (χ4n) is 7.54. The number of esters is 1. The number of carbonyl (C=O) groups is 4. The van der Waals surface area contributed by atoms with Gasteiger partial charge >= 0.3 is 5.97 Å². The van der Waals surface area contributed by atoms with Gasteiger partial charge in [0.05, 0.1) is 36.6 Å². The van der Waals surface area contributed by atoms with Crippen LogP contribution in [0.1, 0.15) is 77.4 Å². The van der Waals surface area contributed by atoms with Crippen LogP contribution in [0.15, 0.2) is 55.6 Å². The van der Waals surface area contributed by atoms with Crippen LogP contribution in [0, 0.1) is 11.8 Å². The second-order valence-corrected chi connectivity index (χ2v) is 14.1. The zero-order valence-corrected chi connectivity index (χ0v) is 29.4. The number of alkyl halides is 1. The van der Waals surface area contributed by atoms with Crippen molar-refractivity contribution >= 4 is 39.6 Å². The smallest absolute Gasteiger partial charge is 0.313 e. The molecule has 0 aliphatic carbocycles. The number of aliphatic hydroxyl groups is 1. The number of carbonyl (C=O) groups excluding carboxylic acids is 4. The van der Waals surface area contributed by atoms with Crippen LogP contribution < -0.4 is 5.32 Å². The van der Waals surface area contributed by atoms with Crippen LogP contribution in [-0.2, 0) is 28.7 Å². The van der Waals surface area contributed by atoms with Crippen molar-refractivity contribution in [2.24, 2.45) is 11.8 Å². The van der Waals surface area contributed by atoms with Gasteiger partial charge in [0.15, 0.2) is 0 Å². The summed E-state index contributed by atoms with van der Waals surface area (Å²) < 4.78 is 12.9. The van der Waals surface area contributed by atoms with E-state index in [1.54, 1.807) is 24.0 Å². The molecule has 3 heterocycles. The van der Waals surface area contributed by atoms with E-state index in [0.29, 0.717) is 37.9 Å². The molecule has 1 spiro atoms. The van der Waals surface area contributed by atoms with Crippen LogP contribution in [-0.4, -0.2) is 93.0 Å². The van der Waals surface area contributed by atoms with E-state index in [2.05, 4.69) is 41.3 Å². The normalized spacial score (nSPS) is 27.9. The number of benzene rings is 1. The number of rotatable bonds is 18. The monoisotopic (exact) mass is 715 g/mol. The summed E-state index contributed by atoms with van der Waals surface area (Å²) in [6.45, 7) is 13.7. The first-order chi connectivity index (χ1) is 22.6. The number of allylic oxidation sites excluding steroid dienone is 1. The van der Waals surface area contributed by atoms with E-state index in [0.717, 1.165) is 19.3 Å². The number of hydrogen-bond donors (Lipinski definition) is 2. The maximum Gasteiger partial charge on any atom is 0.313 e. The first kappa shape index (κ1) is 36.8. The number of nitrogens with zero attached hydrogens (tertiary/aromatic N) is 2. The highest BCUT2D eigenvalue weighted by Crippen LogP contribution is 2.61. The Morgan fingerprint density at radius 1 is 1.21 bits per heavy atom. The molecule has 11 heteroatoms. The third kappa shape index (κ3) is 7.37. The van der Waals surface area contributed by atoms with E-state index in [1.807, 2.05) is 37.3 Å². The number of ether oxygens (including phenoxy) is 2. The summed E-state index contributed by atoms with van der Waals surface area (Å²) in [4.78, 5) is 58.9. The maximum absolute atomic E-state index is 14.5. The summed E-state index contributed by atoms with van der Waals surface area (Å²) in [7, 11) is 0. The molecule has 1 aromatic rings. The molecule has 10 nitrogen and oxygen atoms in total. The van der Waals surface area contributed by atoms with E-state index in [4.69, 9.17) is 9.47 Å². The molecule has 0 saturated carbocycles. The van der Waals surface area contributed by atoms with Crippen LogP contribution in [0.4, 0.5) is 0 Å².